The highest BCUT2D eigenvalue weighted by Gasteiger charge is 2.16. The zero-order chi connectivity index (χ0) is 11.6. The van der Waals surface area contributed by atoms with Gasteiger partial charge in [-0.25, -0.2) is 0 Å². The van der Waals surface area contributed by atoms with Crippen molar-refractivity contribution in [2.45, 2.75) is 40.5 Å². The van der Waals surface area contributed by atoms with Gasteiger partial charge >= 0.3 is 0 Å². The highest BCUT2D eigenvalue weighted by Crippen LogP contribution is 2.25. The first-order chi connectivity index (χ1) is 6.91. The van der Waals surface area contributed by atoms with Crippen molar-refractivity contribution in [1.82, 2.24) is 9.78 Å². The summed E-state index contributed by atoms with van der Waals surface area (Å²) >= 11 is 0. The van der Waals surface area contributed by atoms with Crippen LogP contribution in [0.3, 0.4) is 0 Å². The van der Waals surface area contributed by atoms with E-state index in [9.17, 15) is 5.11 Å². The van der Waals surface area contributed by atoms with E-state index >= 15 is 0 Å². The molecule has 0 atom stereocenters. The Kier molecular flexibility index (Phi) is 3.77. The Bertz CT molecular complexity index is 327. The second-order valence-electron chi connectivity index (χ2n) is 5.06. The van der Waals surface area contributed by atoms with Crippen molar-refractivity contribution in [3.63, 3.8) is 0 Å². The van der Waals surface area contributed by atoms with Crippen LogP contribution in [0.25, 0.3) is 0 Å². The van der Waals surface area contributed by atoms with Gasteiger partial charge in [0.2, 0.25) is 0 Å². The van der Waals surface area contributed by atoms with Crippen LogP contribution >= 0.6 is 0 Å². The van der Waals surface area contributed by atoms with E-state index < -0.39 is 0 Å². The number of rotatable bonds is 4. The Morgan fingerprint density at radius 2 is 1.67 bits per heavy atom. The monoisotopic (exact) mass is 210 g/mol. The smallest absolute Gasteiger partial charge is 0.160 e. The van der Waals surface area contributed by atoms with E-state index in [2.05, 4.69) is 32.8 Å². The molecule has 1 N–H and O–H groups in total. The van der Waals surface area contributed by atoms with Gasteiger partial charge in [0.05, 0.1) is 5.69 Å². The lowest BCUT2D eigenvalue weighted by molar-refractivity contribution is 0.449. The van der Waals surface area contributed by atoms with Gasteiger partial charge in [0.15, 0.2) is 5.75 Å². The first-order valence-electron chi connectivity index (χ1n) is 5.65. The maximum absolute atomic E-state index is 10.0. The molecular formula is C12H22N2O. The summed E-state index contributed by atoms with van der Waals surface area (Å²) in [5, 5.41) is 14.4. The summed E-state index contributed by atoms with van der Waals surface area (Å²) in [6.45, 7) is 8.57. The van der Waals surface area contributed by atoms with Crippen LogP contribution in [0, 0.1) is 11.8 Å². The largest absolute Gasteiger partial charge is 0.504 e. The molecule has 0 aliphatic heterocycles. The molecule has 0 spiro atoms. The molecule has 0 aliphatic rings. The van der Waals surface area contributed by atoms with Crippen LogP contribution in [0.2, 0.25) is 0 Å². The molecular weight excluding hydrogens is 188 g/mol. The molecule has 0 aliphatic carbocycles. The zero-order valence-corrected chi connectivity index (χ0v) is 10.4. The molecule has 0 aromatic carbocycles. The van der Waals surface area contributed by atoms with Crippen molar-refractivity contribution in [3.05, 3.63) is 11.4 Å². The van der Waals surface area contributed by atoms with Gasteiger partial charge < -0.3 is 5.11 Å². The molecule has 1 rings (SSSR count). The van der Waals surface area contributed by atoms with Gasteiger partial charge in [0.1, 0.15) is 5.69 Å². The number of hydrogen-bond donors (Lipinski definition) is 1. The average Bonchev–Trinajstić information content (AvgIpc) is 2.31. The Balaban J connectivity index is 2.93. The SMILES string of the molecule is CC(C)Cc1nn(C)c(CC(C)C)c1O. The Morgan fingerprint density at radius 1 is 1.13 bits per heavy atom. The maximum atomic E-state index is 10.0. The van der Waals surface area contributed by atoms with Crippen molar-refractivity contribution in [2.24, 2.45) is 18.9 Å². The van der Waals surface area contributed by atoms with E-state index in [-0.39, 0.29) is 0 Å². The minimum Gasteiger partial charge on any atom is -0.504 e. The van der Waals surface area contributed by atoms with Gasteiger partial charge in [0.25, 0.3) is 0 Å². The van der Waals surface area contributed by atoms with E-state index in [1.54, 1.807) is 0 Å². The fourth-order valence-corrected chi connectivity index (χ4v) is 1.75. The molecule has 0 saturated carbocycles. The highest BCUT2D eigenvalue weighted by atomic mass is 16.3. The van der Waals surface area contributed by atoms with Crippen LogP contribution in [0.15, 0.2) is 0 Å². The second-order valence-corrected chi connectivity index (χ2v) is 5.06. The van der Waals surface area contributed by atoms with Crippen molar-refractivity contribution >= 4 is 0 Å². The van der Waals surface area contributed by atoms with E-state index in [4.69, 9.17) is 0 Å². The Labute approximate surface area is 92.1 Å². The summed E-state index contributed by atoms with van der Waals surface area (Å²) < 4.78 is 1.81. The van der Waals surface area contributed by atoms with E-state index in [1.807, 2.05) is 11.7 Å². The number of aromatic hydroxyl groups is 1. The molecule has 1 aromatic rings. The highest BCUT2D eigenvalue weighted by molar-refractivity contribution is 5.32. The molecule has 1 heterocycles. The summed E-state index contributed by atoms with van der Waals surface area (Å²) in [6.07, 6.45) is 1.73. The van der Waals surface area contributed by atoms with E-state index in [1.165, 1.54) is 0 Å². The van der Waals surface area contributed by atoms with Gasteiger partial charge in [0, 0.05) is 7.05 Å². The molecule has 0 radical (unpaired) electrons. The van der Waals surface area contributed by atoms with Crippen LogP contribution in [0.1, 0.15) is 39.1 Å². The van der Waals surface area contributed by atoms with Gasteiger partial charge in [-0.05, 0) is 24.7 Å². The number of aryl methyl sites for hydroxylation is 1. The number of hydrogen-bond acceptors (Lipinski definition) is 2. The Hall–Kier alpha value is -0.990. The van der Waals surface area contributed by atoms with Crippen molar-refractivity contribution in [1.29, 1.82) is 0 Å². The predicted octanol–water partition coefficient (Wildman–Crippen LogP) is 2.52. The third-order valence-corrected chi connectivity index (χ3v) is 2.41. The second kappa shape index (κ2) is 4.69. The molecule has 0 fully saturated rings. The van der Waals surface area contributed by atoms with E-state index in [0.717, 1.165) is 24.2 Å². The third kappa shape index (κ3) is 2.98. The minimum absolute atomic E-state index is 0.403. The van der Waals surface area contributed by atoms with Gasteiger partial charge in [-0.2, -0.15) is 5.10 Å². The summed E-state index contributed by atoms with van der Waals surface area (Å²) in [4.78, 5) is 0. The van der Waals surface area contributed by atoms with Crippen molar-refractivity contribution < 1.29 is 5.11 Å². The summed E-state index contributed by atoms with van der Waals surface area (Å²) in [7, 11) is 1.90. The molecule has 1 aromatic heterocycles. The standard InChI is InChI=1S/C12H22N2O/c1-8(2)6-10-12(15)11(7-9(3)4)14(5)13-10/h8-9,15H,6-7H2,1-5H3. The molecule has 0 bridgehead atoms. The van der Waals surface area contributed by atoms with Gasteiger partial charge in [-0.1, -0.05) is 27.7 Å². The first-order valence-corrected chi connectivity index (χ1v) is 5.65. The Morgan fingerprint density at radius 3 is 2.13 bits per heavy atom. The summed E-state index contributed by atoms with van der Waals surface area (Å²) in [5.74, 6) is 1.47. The van der Waals surface area contributed by atoms with Gasteiger partial charge in [-0.3, -0.25) is 4.68 Å². The molecule has 15 heavy (non-hydrogen) atoms. The molecule has 0 amide bonds. The molecule has 3 nitrogen and oxygen atoms in total. The quantitative estimate of drug-likeness (QED) is 0.829. The fourth-order valence-electron chi connectivity index (χ4n) is 1.75. The molecule has 3 heteroatoms. The molecule has 86 valence electrons. The van der Waals surface area contributed by atoms with Crippen molar-refractivity contribution in [3.8, 4) is 5.75 Å². The average molecular weight is 210 g/mol. The topological polar surface area (TPSA) is 38.0 Å². The van der Waals surface area contributed by atoms with Crippen LogP contribution in [0.4, 0.5) is 0 Å². The minimum atomic E-state index is 0.403. The first kappa shape index (κ1) is 12.1. The third-order valence-electron chi connectivity index (χ3n) is 2.41. The van der Waals surface area contributed by atoms with Crippen molar-refractivity contribution in [2.75, 3.05) is 0 Å². The molecule has 0 unspecified atom stereocenters. The zero-order valence-electron chi connectivity index (χ0n) is 10.4. The van der Waals surface area contributed by atoms with Crippen LogP contribution in [-0.2, 0) is 19.9 Å². The fraction of sp³-hybridized carbons (Fsp3) is 0.750. The lowest BCUT2D eigenvalue weighted by atomic mass is 10.0. The number of aromatic nitrogens is 2. The summed E-state index contributed by atoms with van der Waals surface area (Å²) in [6, 6.07) is 0. The van der Waals surface area contributed by atoms with Gasteiger partial charge in [-0.15, -0.1) is 0 Å². The molecule has 0 saturated heterocycles. The lowest BCUT2D eigenvalue weighted by Gasteiger charge is -2.05. The normalized spacial score (nSPS) is 11.7. The summed E-state index contributed by atoms with van der Waals surface area (Å²) in [5.41, 5.74) is 1.80. The predicted molar refractivity (Wildman–Crippen MR) is 62.0 cm³/mol. The van der Waals surface area contributed by atoms with Crippen LogP contribution < -0.4 is 0 Å². The van der Waals surface area contributed by atoms with Crippen LogP contribution in [0.5, 0.6) is 5.75 Å². The maximum Gasteiger partial charge on any atom is 0.160 e. The number of nitrogens with zero attached hydrogens (tertiary/aromatic N) is 2. The lowest BCUT2D eigenvalue weighted by Crippen LogP contribution is -2.02. The van der Waals surface area contributed by atoms with Crippen LogP contribution in [-0.4, -0.2) is 14.9 Å². The van der Waals surface area contributed by atoms with E-state index in [0.29, 0.717) is 17.6 Å².